The average Bonchev–Trinajstić information content (AvgIpc) is 2.77. The third-order valence-electron chi connectivity index (χ3n) is 4.90. The van der Waals surface area contributed by atoms with Crippen molar-refractivity contribution in [1.82, 2.24) is 5.32 Å². The quantitative estimate of drug-likeness (QED) is 0.658. The van der Waals surface area contributed by atoms with Gasteiger partial charge in [0, 0.05) is 35.5 Å². The molecule has 0 atom stereocenters. The Morgan fingerprint density at radius 1 is 1.10 bits per heavy atom. The van der Waals surface area contributed by atoms with Gasteiger partial charge in [-0.3, -0.25) is 4.79 Å². The van der Waals surface area contributed by atoms with Crippen LogP contribution < -0.4 is 14.8 Å². The number of benzene rings is 2. The van der Waals surface area contributed by atoms with E-state index in [1.54, 1.807) is 26.4 Å². The van der Waals surface area contributed by atoms with E-state index >= 15 is 0 Å². The fourth-order valence-electron chi connectivity index (χ4n) is 3.23. The molecule has 1 aliphatic heterocycles. The van der Waals surface area contributed by atoms with Crippen molar-refractivity contribution >= 4 is 23.7 Å². The molecular weight excluding hydrogens is 386 g/mol. The Morgan fingerprint density at radius 2 is 1.83 bits per heavy atom. The molecule has 1 saturated heterocycles. The third kappa shape index (κ3) is 6.02. The van der Waals surface area contributed by atoms with E-state index in [0.29, 0.717) is 18.0 Å². The molecule has 6 heteroatoms. The highest BCUT2D eigenvalue weighted by Crippen LogP contribution is 2.40. The highest BCUT2D eigenvalue weighted by molar-refractivity contribution is 8.00. The van der Waals surface area contributed by atoms with Gasteiger partial charge in [-0.05, 0) is 48.7 Å². The van der Waals surface area contributed by atoms with Crippen molar-refractivity contribution in [2.45, 2.75) is 22.5 Å². The summed E-state index contributed by atoms with van der Waals surface area (Å²) in [7, 11) is 3.19. The molecule has 0 aliphatic carbocycles. The molecular formula is C23H27NO4S. The Morgan fingerprint density at radius 3 is 2.52 bits per heavy atom. The zero-order chi connectivity index (χ0) is 20.5. The molecule has 0 saturated carbocycles. The van der Waals surface area contributed by atoms with Crippen LogP contribution in [-0.2, 0) is 9.53 Å². The fraction of sp³-hybridized carbons (Fsp3) is 0.348. The number of methoxy groups -OCH3 is 2. The van der Waals surface area contributed by atoms with Gasteiger partial charge in [-0.2, -0.15) is 0 Å². The van der Waals surface area contributed by atoms with E-state index in [4.69, 9.17) is 14.2 Å². The van der Waals surface area contributed by atoms with Crippen LogP contribution in [0.25, 0.3) is 6.08 Å². The van der Waals surface area contributed by atoms with E-state index < -0.39 is 0 Å². The van der Waals surface area contributed by atoms with Gasteiger partial charge in [0.2, 0.25) is 5.91 Å². The average molecular weight is 414 g/mol. The predicted octanol–water partition coefficient (Wildman–Crippen LogP) is 4.17. The van der Waals surface area contributed by atoms with Gasteiger partial charge < -0.3 is 19.5 Å². The van der Waals surface area contributed by atoms with E-state index in [-0.39, 0.29) is 10.7 Å². The number of ether oxygens (including phenoxy) is 3. The van der Waals surface area contributed by atoms with Crippen LogP contribution >= 0.6 is 11.8 Å². The fourth-order valence-corrected chi connectivity index (χ4v) is 4.54. The van der Waals surface area contributed by atoms with Crippen molar-refractivity contribution in [1.29, 1.82) is 0 Å². The van der Waals surface area contributed by atoms with E-state index in [2.05, 4.69) is 17.4 Å². The number of carbonyl (C=O) groups excluding carboxylic acids is 1. The van der Waals surface area contributed by atoms with Gasteiger partial charge >= 0.3 is 0 Å². The van der Waals surface area contributed by atoms with Crippen LogP contribution in [0.3, 0.4) is 0 Å². The number of rotatable bonds is 8. The molecule has 3 rings (SSSR count). The summed E-state index contributed by atoms with van der Waals surface area (Å²) in [5, 5.41) is 3.08. The first kappa shape index (κ1) is 21.3. The monoisotopic (exact) mass is 413 g/mol. The van der Waals surface area contributed by atoms with Gasteiger partial charge in [-0.1, -0.05) is 24.3 Å². The maximum absolute atomic E-state index is 12.4. The van der Waals surface area contributed by atoms with E-state index in [1.165, 1.54) is 4.90 Å². The first-order valence-corrected chi connectivity index (χ1v) is 10.5. The molecule has 0 aromatic heterocycles. The maximum Gasteiger partial charge on any atom is 0.244 e. The summed E-state index contributed by atoms with van der Waals surface area (Å²) in [6, 6.07) is 15.9. The normalized spacial score (nSPS) is 15.8. The van der Waals surface area contributed by atoms with Crippen LogP contribution in [0.15, 0.2) is 59.5 Å². The molecule has 1 amide bonds. The summed E-state index contributed by atoms with van der Waals surface area (Å²) in [5.41, 5.74) is 0.872. The molecule has 0 radical (unpaired) electrons. The molecule has 5 nitrogen and oxygen atoms in total. The molecule has 2 aromatic rings. The second kappa shape index (κ2) is 10.4. The summed E-state index contributed by atoms with van der Waals surface area (Å²) in [4.78, 5) is 13.6. The van der Waals surface area contributed by atoms with Crippen LogP contribution in [-0.4, -0.2) is 44.6 Å². The first-order valence-electron chi connectivity index (χ1n) is 9.64. The van der Waals surface area contributed by atoms with Crippen LogP contribution in [0.4, 0.5) is 0 Å². The number of nitrogens with one attached hydrogen (secondary N) is 1. The Labute approximate surface area is 176 Å². The Kier molecular flexibility index (Phi) is 7.61. The summed E-state index contributed by atoms with van der Waals surface area (Å²) >= 11 is 1.83. The van der Waals surface area contributed by atoms with E-state index in [1.807, 2.05) is 48.2 Å². The lowest BCUT2D eigenvalue weighted by atomic mass is 9.99. The number of amides is 1. The SMILES string of the molecule is COc1ccc(C=CC(=O)NCC2(Sc3ccccc3)CCOCC2)cc1OC. The zero-order valence-electron chi connectivity index (χ0n) is 16.9. The molecule has 2 aromatic carbocycles. The number of hydrogen-bond donors (Lipinski definition) is 1. The standard InChI is InChI=1S/C23H27NO4S/c1-26-20-10-8-18(16-21(20)27-2)9-11-22(25)24-17-23(12-14-28-15-13-23)29-19-6-4-3-5-7-19/h3-11,16H,12-15,17H2,1-2H3,(H,24,25). The summed E-state index contributed by atoms with van der Waals surface area (Å²) in [6.45, 7) is 2.04. The maximum atomic E-state index is 12.4. The Balaban J connectivity index is 1.62. The number of carbonyl (C=O) groups is 1. The van der Waals surface area contributed by atoms with Crippen molar-refractivity contribution < 1.29 is 19.0 Å². The van der Waals surface area contributed by atoms with Gasteiger partial charge in [-0.15, -0.1) is 11.8 Å². The summed E-state index contributed by atoms with van der Waals surface area (Å²) < 4.78 is 16.1. The van der Waals surface area contributed by atoms with Crippen molar-refractivity contribution in [2.24, 2.45) is 0 Å². The van der Waals surface area contributed by atoms with Crippen LogP contribution in [0.1, 0.15) is 18.4 Å². The predicted molar refractivity (Wildman–Crippen MR) is 117 cm³/mol. The minimum absolute atomic E-state index is 0.0492. The molecule has 154 valence electrons. The molecule has 1 heterocycles. The molecule has 29 heavy (non-hydrogen) atoms. The topological polar surface area (TPSA) is 56.8 Å². The highest BCUT2D eigenvalue weighted by Gasteiger charge is 2.34. The van der Waals surface area contributed by atoms with Crippen molar-refractivity contribution in [3.05, 3.63) is 60.2 Å². The Hall–Kier alpha value is -2.44. The van der Waals surface area contributed by atoms with Crippen molar-refractivity contribution in [3.8, 4) is 11.5 Å². The Bertz CT molecular complexity index is 832. The summed E-state index contributed by atoms with van der Waals surface area (Å²) in [5.74, 6) is 1.18. The van der Waals surface area contributed by atoms with Crippen LogP contribution in [0.2, 0.25) is 0 Å². The number of thioether (sulfide) groups is 1. The molecule has 1 N–H and O–H groups in total. The minimum atomic E-state index is -0.112. The van der Waals surface area contributed by atoms with Crippen molar-refractivity contribution in [3.63, 3.8) is 0 Å². The molecule has 1 fully saturated rings. The second-order valence-corrected chi connectivity index (χ2v) is 8.42. The lowest BCUT2D eigenvalue weighted by Crippen LogP contribution is -2.44. The van der Waals surface area contributed by atoms with Crippen LogP contribution in [0.5, 0.6) is 11.5 Å². The van der Waals surface area contributed by atoms with Gasteiger partial charge in [0.25, 0.3) is 0 Å². The molecule has 0 unspecified atom stereocenters. The van der Waals surface area contributed by atoms with E-state index in [9.17, 15) is 4.79 Å². The van der Waals surface area contributed by atoms with Crippen molar-refractivity contribution in [2.75, 3.05) is 34.0 Å². The third-order valence-corrected chi connectivity index (χ3v) is 6.39. The van der Waals surface area contributed by atoms with Gasteiger partial charge in [0.15, 0.2) is 11.5 Å². The second-order valence-electron chi connectivity index (χ2n) is 6.88. The highest BCUT2D eigenvalue weighted by atomic mass is 32.2. The number of hydrogen-bond acceptors (Lipinski definition) is 5. The lowest BCUT2D eigenvalue weighted by Gasteiger charge is -2.36. The first-order chi connectivity index (χ1) is 14.1. The summed E-state index contributed by atoms with van der Waals surface area (Å²) in [6.07, 6.45) is 5.15. The zero-order valence-corrected chi connectivity index (χ0v) is 17.7. The van der Waals surface area contributed by atoms with Gasteiger partial charge in [-0.25, -0.2) is 0 Å². The minimum Gasteiger partial charge on any atom is -0.493 e. The van der Waals surface area contributed by atoms with Gasteiger partial charge in [0.05, 0.1) is 14.2 Å². The van der Waals surface area contributed by atoms with Gasteiger partial charge in [0.1, 0.15) is 0 Å². The molecule has 0 spiro atoms. The van der Waals surface area contributed by atoms with E-state index in [0.717, 1.165) is 31.6 Å². The lowest BCUT2D eigenvalue weighted by molar-refractivity contribution is -0.116. The van der Waals surface area contributed by atoms with Crippen LogP contribution in [0, 0.1) is 0 Å². The molecule has 0 bridgehead atoms. The smallest absolute Gasteiger partial charge is 0.244 e. The largest absolute Gasteiger partial charge is 0.493 e. The molecule has 1 aliphatic rings.